The molecule has 1 saturated heterocycles. The van der Waals surface area contributed by atoms with E-state index >= 15 is 0 Å². The van der Waals surface area contributed by atoms with Gasteiger partial charge in [0.25, 0.3) is 0 Å². The van der Waals surface area contributed by atoms with Crippen molar-refractivity contribution in [1.82, 2.24) is 0 Å². The van der Waals surface area contributed by atoms with Gasteiger partial charge in [-0.3, -0.25) is 9.59 Å². The van der Waals surface area contributed by atoms with E-state index in [9.17, 15) is 9.59 Å². The van der Waals surface area contributed by atoms with Crippen molar-refractivity contribution in [3.8, 4) is 0 Å². The number of carbonyl (C=O) groups excluding carboxylic acids is 2. The van der Waals surface area contributed by atoms with Crippen LogP contribution in [0.2, 0.25) is 10.0 Å². The van der Waals surface area contributed by atoms with Crippen molar-refractivity contribution in [2.24, 2.45) is 5.41 Å². The van der Waals surface area contributed by atoms with Gasteiger partial charge in [-0.1, -0.05) is 53.5 Å². The molecular weight excluding hydrogens is 333 g/mol. The van der Waals surface area contributed by atoms with Gasteiger partial charge in [-0.15, -0.1) is 0 Å². The molecule has 0 aromatic heterocycles. The van der Waals surface area contributed by atoms with Crippen LogP contribution >= 0.6 is 23.2 Å². The largest absolute Gasteiger partial charge is 0.274 e. The number of benzene rings is 2. The molecule has 1 atom stereocenters. The molecule has 3 rings (SSSR count). The summed E-state index contributed by atoms with van der Waals surface area (Å²) in [4.78, 5) is 26.5. The van der Waals surface area contributed by atoms with Gasteiger partial charge in [0.1, 0.15) is 0 Å². The van der Waals surface area contributed by atoms with Gasteiger partial charge in [0.2, 0.25) is 11.8 Å². The van der Waals surface area contributed by atoms with Crippen LogP contribution in [-0.4, -0.2) is 11.8 Å². The van der Waals surface area contributed by atoms with Crippen molar-refractivity contribution in [3.05, 3.63) is 64.1 Å². The first-order valence-corrected chi connectivity index (χ1v) is 8.02. The molecule has 1 unspecified atom stereocenters. The normalized spacial score (nSPS) is 21.1. The van der Waals surface area contributed by atoms with Gasteiger partial charge in [0.15, 0.2) is 0 Å². The van der Waals surface area contributed by atoms with Crippen molar-refractivity contribution >= 4 is 40.7 Å². The molecule has 2 aromatic rings. The Morgan fingerprint density at radius 3 is 2.26 bits per heavy atom. The fourth-order valence-electron chi connectivity index (χ4n) is 2.99. The van der Waals surface area contributed by atoms with E-state index in [0.29, 0.717) is 22.2 Å². The van der Waals surface area contributed by atoms with E-state index in [0.717, 1.165) is 5.56 Å². The Bertz CT molecular complexity index is 756. The third-order valence-corrected chi connectivity index (χ3v) is 4.49. The minimum absolute atomic E-state index is 0.171. The quantitative estimate of drug-likeness (QED) is 0.766. The van der Waals surface area contributed by atoms with Crippen LogP contribution in [0.4, 0.5) is 5.69 Å². The molecular formula is C18H15Cl2NO2. The van der Waals surface area contributed by atoms with Crippen molar-refractivity contribution in [3.63, 3.8) is 0 Å². The van der Waals surface area contributed by atoms with Gasteiger partial charge in [0.05, 0.1) is 11.1 Å². The van der Waals surface area contributed by atoms with Gasteiger partial charge >= 0.3 is 0 Å². The summed E-state index contributed by atoms with van der Waals surface area (Å²) in [6, 6.07) is 14.4. The Hall–Kier alpha value is -1.84. The molecule has 118 valence electrons. The topological polar surface area (TPSA) is 37.4 Å². The Morgan fingerprint density at radius 1 is 1.04 bits per heavy atom. The molecule has 1 aliphatic heterocycles. The average molecular weight is 348 g/mol. The minimum atomic E-state index is -0.757. The SMILES string of the molecule is CC1(Cc2ccccc2)CC(=O)N(c2cc(Cl)cc(Cl)c2)C1=O. The van der Waals surface area contributed by atoms with Crippen LogP contribution in [0.3, 0.4) is 0 Å². The highest BCUT2D eigenvalue weighted by molar-refractivity contribution is 6.35. The van der Waals surface area contributed by atoms with Gasteiger partial charge in [0, 0.05) is 16.5 Å². The second kappa shape index (κ2) is 5.99. The first-order chi connectivity index (χ1) is 10.9. The summed E-state index contributed by atoms with van der Waals surface area (Å²) >= 11 is 12.0. The molecule has 0 bridgehead atoms. The molecule has 5 heteroatoms. The molecule has 0 aliphatic carbocycles. The molecule has 1 aliphatic rings. The van der Waals surface area contributed by atoms with Crippen molar-refractivity contribution in [2.45, 2.75) is 19.8 Å². The van der Waals surface area contributed by atoms with Crippen LogP contribution in [0.5, 0.6) is 0 Å². The van der Waals surface area contributed by atoms with Crippen molar-refractivity contribution in [2.75, 3.05) is 4.90 Å². The lowest BCUT2D eigenvalue weighted by molar-refractivity contribution is -0.125. The molecule has 0 N–H and O–H groups in total. The smallest absolute Gasteiger partial charge is 0.240 e. The maximum atomic E-state index is 12.9. The van der Waals surface area contributed by atoms with Crippen LogP contribution in [0.1, 0.15) is 18.9 Å². The lowest BCUT2D eigenvalue weighted by Gasteiger charge is -2.22. The number of imide groups is 1. The third-order valence-electron chi connectivity index (χ3n) is 4.05. The predicted octanol–water partition coefficient (Wildman–Crippen LogP) is 4.51. The van der Waals surface area contributed by atoms with Crippen LogP contribution in [0, 0.1) is 5.41 Å². The monoisotopic (exact) mass is 347 g/mol. The molecule has 2 aromatic carbocycles. The standard InChI is InChI=1S/C18H15Cl2NO2/c1-18(10-12-5-3-2-4-6-12)11-16(22)21(17(18)23)15-8-13(19)7-14(20)9-15/h2-9H,10-11H2,1H3. The Balaban J connectivity index is 1.93. The maximum absolute atomic E-state index is 12.9. The van der Waals surface area contributed by atoms with Crippen LogP contribution in [0.25, 0.3) is 0 Å². The van der Waals surface area contributed by atoms with Gasteiger partial charge in [-0.25, -0.2) is 4.90 Å². The van der Waals surface area contributed by atoms with Crippen molar-refractivity contribution in [1.29, 1.82) is 0 Å². The zero-order valence-electron chi connectivity index (χ0n) is 12.6. The van der Waals surface area contributed by atoms with E-state index in [2.05, 4.69) is 0 Å². The maximum Gasteiger partial charge on any atom is 0.240 e. The molecule has 1 heterocycles. The number of amides is 2. The van der Waals surface area contributed by atoms with Gasteiger partial charge in [-0.2, -0.15) is 0 Å². The van der Waals surface area contributed by atoms with Crippen molar-refractivity contribution < 1.29 is 9.59 Å². The molecule has 2 amide bonds. The molecule has 3 nitrogen and oxygen atoms in total. The molecule has 0 saturated carbocycles. The van der Waals surface area contributed by atoms with E-state index in [1.54, 1.807) is 18.2 Å². The van der Waals surface area contributed by atoms with E-state index in [1.165, 1.54) is 4.90 Å². The molecule has 23 heavy (non-hydrogen) atoms. The Morgan fingerprint density at radius 2 is 1.65 bits per heavy atom. The van der Waals surface area contributed by atoms with E-state index < -0.39 is 5.41 Å². The highest BCUT2D eigenvalue weighted by Crippen LogP contribution is 2.39. The average Bonchev–Trinajstić information content (AvgIpc) is 2.68. The van der Waals surface area contributed by atoms with E-state index in [4.69, 9.17) is 23.2 Å². The molecule has 0 radical (unpaired) electrons. The number of nitrogens with zero attached hydrogens (tertiary/aromatic N) is 1. The lowest BCUT2D eigenvalue weighted by atomic mass is 9.82. The van der Waals surface area contributed by atoms with Gasteiger partial charge in [-0.05, 0) is 37.1 Å². The summed E-state index contributed by atoms with van der Waals surface area (Å²) in [6.45, 7) is 1.83. The number of rotatable bonds is 3. The zero-order chi connectivity index (χ0) is 16.6. The fourth-order valence-corrected chi connectivity index (χ4v) is 3.50. The second-order valence-electron chi connectivity index (χ2n) is 6.06. The van der Waals surface area contributed by atoms with Crippen LogP contribution < -0.4 is 4.90 Å². The predicted molar refractivity (Wildman–Crippen MR) is 91.8 cm³/mol. The van der Waals surface area contributed by atoms with E-state index in [1.807, 2.05) is 37.3 Å². The summed E-state index contributed by atoms with van der Waals surface area (Å²) in [5, 5.41) is 0.787. The first kappa shape index (κ1) is 16.0. The summed E-state index contributed by atoms with van der Waals surface area (Å²) in [6.07, 6.45) is 0.689. The van der Waals surface area contributed by atoms with E-state index in [-0.39, 0.29) is 18.2 Å². The highest BCUT2D eigenvalue weighted by Gasteiger charge is 2.48. The number of hydrogen-bond donors (Lipinski definition) is 0. The summed E-state index contributed by atoms with van der Waals surface area (Å²) in [5.74, 6) is -0.448. The molecule has 0 spiro atoms. The summed E-state index contributed by atoms with van der Waals surface area (Å²) in [7, 11) is 0. The van der Waals surface area contributed by atoms with Crippen LogP contribution in [-0.2, 0) is 16.0 Å². The zero-order valence-corrected chi connectivity index (χ0v) is 14.1. The van der Waals surface area contributed by atoms with Crippen LogP contribution in [0.15, 0.2) is 48.5 Å². The fraction of sp³-hybridized carbons (Fsp3) is 0.222. The Kier molecular flexibility index (Phi) is 4.17. The number of anilines is 1. The second-order valence-corrected chi connectivity index (χ2v) is 6.93. The lowest BCUT2D eigenvalue weighted by Crippen LogP contribution is -2.35. The Labute approximate surface area is 144 Å². The summed E-state index contributed by atoms with van der Waals surface area (Å²) in [5.41, 5.74) is 0.698. The van der Waals surface area contributed by atoms with Gasteiger partial charge < -0.3 is 0 Å². The number of carbonyl (C=O) groups is 2. The third kappa shape index (κ3) is 3.12. The highest BCUT2D eigenvalue weighted by atomic mass is 35.5. The first-order valence-electron chi connectivity index (χ1n) is 7.26. The summed E-state index contributed by atoms with van der Waals surface area (Å²) < 4.78 is 0. The molecule has 1 fully saturated rings. The minimum Gasteiger partial charge on any atom is -0.274 e. The number of hydrogen-bond acceptors (Lipinski definition) is 2. The number of halogens is 2.